The average Bonchev–Trinajstić information content (AvgIpc) is 2.62. The van der Waals surface area contributed by atoms with Crippen molar-refractivity contribution in [1.29, 1.82) is 0 Å². The number of carbonyl (C=O) groups is 2. The summed E-state index contributed by atoms with van der Waals surface area (Å²) in [5.74, 6) is -2.19. The van der Waals surface area contributed by atoms with Crippen molar-refractivity contribution in [2.45, 2.75) is 50.5 Å². The number of sulfone groups is 1. The summed E-state index contributed by atoms with van der Waals surface area (Å²) >= 11 is 0. The molecule has 28 heavy (non-hydrogen) atoms. The third-order valence-electron chi connectivity index (χ3n) is 4.79. The normalized spacial score (nSPS) is 19.6. The van der Waals surface area contributed by atoms with E-state index in [0.717, 1.165) is 37.8 Å². The van der Waals surface area contributed by atoms with Gasteiger partial charge in [-0.25, -0.2) is 8.42 Å². The molecule has 0 spiro atoms. The van der Waals surface area contributed by atoms with Gasteiger partial charge in [-0.05, 0) is 37.8 Å². The van der Waals surface area contributed by atoms with Gasteiger partial charge >= 0.3 is 5.97 Å². The van der Waals surface area contributed by atoms with Gasteiger partial charge in [-0.2, -0.15) is 0 Å². The van der Waals surface area contributed by atoms with Gasteiger partial charge < -0.3 is 10.1 Å². The fourth-order valence-corrected chi connectivity index (χ4v) is 4.56. The average molecular weight is 412 g/mol. The maximum absolute atomic E-state index is 12.5. The van der Waals surface area contributed by atoms with Crippen molar-refractivity contribution in [3.05, 3.63) is 33.9 Å². The summed E-state index contributed by atoms with van der Waals surface area (Å²) in [6, 6.07) is 3.12. The van der Waals surface area contributed by atoms with Gasteiger partial charge in [0, 0.05) is 17.7 Å². The summed E-state index contributed by atoms with van der Waals surface area (Å²) in [4.78, 5) is 33.9. The van der Waals surface area contributed by atoms with E-state index in [1.54, 1.807) is 0 Å². The van der Waals surface area contributed by atoms with Crippen molar-refractivity contribution in [1.82, 2.24) is 5.32 Å². The van der Waals surface area contributed by atoms with Crippen molar-refractivity contribution < 1.29 is 27.7 Å². The van der Waals surface area contributed by atoms with E-state index < -0.39 is 43.0 Å². The second-order valence-electron chi connectivity index (χ2n) is 6.85. The van der Waals surface area contributed by atoms with Gasteiger partial charge in [-0.1, -0.05) is 19.8 Å². The molecule has 1 aliphatic rings. The molecule has 1 saturated carbocycles. The minimum Gasteiger partial charge on any atom is -0.465 e. The van der Waals surface area contributed by atoms with Crippen molar-refractivity contribution in [3.8, 4) is 0 Å². The van der Waals surface area contributed by atoms with Gasteiger partial charge in [0.25, 0.3) is 11.6 Å². The van der Waals surface area contributed by atoms with Gasteiger partial charge in [0.2, 0.25) is 0 Å². The Morgan fingerprint density at radius 3 is 2.57 bits per heavy atom. The lowest BCUT2D eigenvalue weighted by Crippen LogP contribution is -2.41. The van der Waals surface area contributed by atoms with E-state index in [9.17, 15) is 28.1 Å². The molecule has 0 bridgehead atoms. The maximum Gasteiger partial charge on any atom is 0.321 e. The van der Waals surface area contributed by atoms with Gasteiger partial charge in [0.15, 0.2) is 15.6 Å². The van der Waals surface area contributed by atoms with Crippen LogP contribution in [0.1, 0.15) is 49.9 Å². The summed E-state index contributed by atoms with van der Waals surface area (Å²) in [5, 5.41) is 14.3. The number of rotatable bonds is 7. The molecule has 0 aromatic heterocycles. The number of nitro groups is 1. The van der Waals surface area contributed by atoms with E-state index in [2.05, 4.69) is 10.1 Å². The van der Waals surface area contributed by atoms with Crippen molar-refractivity contribution in [3.63, 3.8) is 0 Å². The van der Waals surface area contributed by atoms with Crippen LogP contribution in [0.3, 0.4) is 0 Å². The summed E-state index contributed by atoms with van der Waals surface area (Å²) in [6.45, 7) is 3.56. The van der Waals surface area contributed by atoms with E-state index in [1.807, 2.05) is 6.92 Å². The predicted molar refractivity (Wildman–Crippen MR) is 101 cm³/mol. The number of nitrogens with zero attached hydrogens (tertiary/aromatic N) is 1. The Bertz CT molecular complexity index is 867. The maximum atomic E-state index is 12.5. The van der Waals surface area contributed by atoms with Crippen LogP contribution in [-0.2, 0) is 19.4 Å². The summed E-state index contributed by atoms with van der Waals surface area (Å²) in [6.07, 6.45) is 3.93. The molecule has 0 saturated heterocycles. The van der Waals surface area contributed by atoms with E-state index in [1.165, 1.54) is 13.0 Å². The molecular weight excluding hydrogens is 388 g/mol. The Morgan fingerprint density at radius 2 is 1.96 bits per heavy atom. The van der Waals surface area contributed by atoms with Crippen LogP contribution in [0.2, 0.25) is 0 Å². The zero-order chi connectivity index (χ0) is 20.9. The molecule has 1 aromatic rings. The van der Waals surface area contributed by atoms with Crippen LogP contribution in [0.5, 0.6) is 0 Å². The van der Waals surface area contributed by atoms with Crippen LogP contribution in [0.25, 0.3) is 0 Å². The molecule has 0 unspecified atom stereocenters. The van der Waals surface area contributed by atoms with E-state index in [-0.39, 0.29) is 18.2 Å². The van der Waals surface area contributed by atoms with Crippen molar-refractivity contribution >= 4 is 27.4 Å². The third-order valence-corrected chi connectivity index (χ3v) is 6.43. The van der Waals surface area contributed by atoms with Crippen molar-refractivity contribution in [2.24, 2.45) is 5.92 Å². The minimum atomic E-state index is -4.28. The van der Waals surface area contributed by atoms with Gasteiger partial charge in [-0.3, -0.25) is 19.7 Å². The highest BCUT2D eigenvalue weighted by atomic mass is 32.2. The molecule has 0 aliphatic heterocycles. The predicted octanol–water partition coefficient (Wildman–Crippen LogP) is 2.24. The zero-order valence-electron chi connectivity index (χ0n) is 15.8. The van der Waals surface area contributed by atoms with E-state index >= 15 is 0 Å². The Hall–Kier alpha value is -2.49. The molecule has 10 heteroatoms. The van der Waals surface area contributed by atoms with Crippen LogP contribution in [0.4, 0.5) is 5.69 Å². The molecule has 1 amide bonds. The molecule has 1 aromatic carbocycles. The Balaban J connectivity index is 2.28. The molecule has 0 heterocycles. The molecule has 2 rings (SSSR count). The highest BCUT2D eigenvalue weighted by Gasteiger charge is 2.30. The number of nitrogens with one attached hydrogen (secondary N) is 1. The number of nitro benzene ring substituents is 1. The first kappa shape index (κ1) is 21.8. The largest absolute Gasteiger partial charge is 0.465 e. The molecule has 154 valence electrons. The fraction of sp³-hybridized carbons (Fsp3) is 0.556. The summed E-state index contributed by atoms with van der Waals surface area (Å²) < 4.78 is 29.4. The first-order valence-electron chi connectivity index (χ1n) is 9.13. The number of benzene rings is 1. The quantitative estimate of drug-likeness (QED) is 0.412. The molecule has 0 radical (unpaired) electrons. The lowest BCUT2D eigenvalue weighted by atomic mass is 9.86. The Morgan fingerprint density at radius 1 is 1.29 bits per heavy atom. The Kier molecular flexibility index (Phi) is 7.11. The minimum absolute atomic E-state index is 0.000409. The summed E-state index contributed by atoms with van der Waals surface area (Å²) in [5.41, 5.74) is -0.742. The fourth-order valence-electron chi connectivity index (χ4n) is 3.28. The van der Waals surface area contributed by atoms with Crippen LogP contribution in [0, 0.1) is 16.0 Å². The second kappa shape index (κ2) is 9.13. The lowest BCUT2D eigenvalue weighted by Gasteiger charge is -2.29. The van der Waals surface area contributed by atoms with Crippen LogP contribution >= 0.6 is 0 Å². The number of amides is 1. The van der Waals surface area contributed by atoms with Crippen molar-refractivity contribution in [2.75, 3.05) is 12.4 Å². The number of hydrogen-bond donors (Lipinski definition) is 1. The first-order valence-corrected chi connectivity index (χ1v) is 10.8. The topological polar surface area (TPSA) is 133 Å². The van der Waals surface area contributed by atoms with E-state index in [4.69, 9.17) is 0 Å². The Labute approximate surface area is 163 Å². The summed E-state index contributed by atoms with van der Waals surface area (Å²) in [7, 11) is -4.28. The van der Waals surface area contributed by atoms with Crippen LogP contribution in [-0.4, -0.2) is 43.6 Å². The number of ether oxygens (including phenoxy) is 1. The van der Waals surface area contributed by atoms with Gasteiger partial charge in [0.1, 0.15) is 4.90 Å². The van der Waals surface area contributed by atoms with Crippen LogP contribution in [0.15, 0.2) is 23.1 Å². The SMILES string of the molecule is CCOC(=O)CS(=O)(=O)c1ccc(C(=O)N[C@@H]2CCCC[C@@H]2C)cc1[N+](=O)[O-]. The highest BCUT2D eigenvalue weighted by molar-refractivity contribution is 7.92. The standard InChI is InChI=1S/C18H24N2O7S/c1-3-27-17(21)11-28(25,26)16-9-8-13(10-15(16)20(23)24)18(22)19-14-7-5-4-6-12(14)2/h8-10,12,14H,3-7,11H2,1-2H3,(H,19,22)/t12-,14+/m0/s1. The molecule has 9 nitrogen and oxygen atoms in total. The number of hydrogen-bond acceptors (Lipinski definition) is 7. The number of carbonyl (C=O) groups excluding carboxylic acids is 2. The first-order chi connectivity index (χ1) is 13.2. The van der Waals surface area contributed by atoms with Gasteiger partial charge in [0.05, 0.1) is 11.5 Å². The molecule has 1 aliphatic carbocycles. The monoisotopic (exact) mass is 412 g/mol. The molecule has 1 N–H and O–H groups in total. The van der Waals surface area contributed by atoms with E-state index in [0.29, 0.717) is 5.92 Å². The third kappa shape index (κ3) is 5.28. The lowest BCUT2D eigenvalue weighted by molar-refractivity contribution is -0.387. The van der Waals surface area contributed by atoms with Crippen LogP contribution < -0.4 is 5.32 Å². The highest BCUT2D eigenvalue weighted by Crippen LogP contribution is 2.27. The number of esters is 1. The molecule has 1 fully saturated rings. The van der Waals surface area contributed by atoms with Gasteiger partial charge in [-0.15, -0.1) is 0 Å². The molecule has 2 atom stereocenters. The second-order valence-corrected chi connectivity index (χ2v) is 8.80. The smallest absolute Gasteiger partial charge is 0.321 e. The zero-order valence-corrected chi connectivity index (χ0v) is 16.7. The molecular formula is C18H24N2O7S.